The molecule has 1 aromatic rings. The van der Waals surface area contributed by atoms with Crippen molar-refractivity contribution in [1.82, 2.24) is 4.31 Å². The molecule has 0 aromatic heterocycles. The number of primary amides is 1. The monoisotopic (exact) mass is 271 g/mol. The Morgan fingerprint density at radius 3 is 2.22 bits per heavy atom. The summed E-state index contributed by atoms with van der Waals surface area (Å²) in [6, 6.07) is 3.94. The van der Waals surface area contributed by atoms with Gasteiger partial charge in [0.15, 0.2) is 0 Å². The van der Waals surface area contributed by atoms with Gasteiger partial charge in [-0.3, -0.25) is 4.79 Å². The minimum absolute atomic E-state index is 0.00352. The maximum Gasteiger partial charge on any atom is 0.248 e. The summed E-state index contributed by atoms with van der Waals surface area (Å²) in [6.45, 7) is 4.20. The van der Waals surface area contributed by atoms with Crippen molar-refractivity contribution in [3.8, 4) is 0 Å². The topological polar surface area (TPSA) is 106 Å². The Balaban J connectivity index is 3.30. The number of sulfonamides is 1. The predicted octanol–water partition coefficient (Wildman–Crippen LogP) is 0.398. The lowest BCUT2D eigenvalue weighted by Gasteiger charge is -2.19. The molecule has 7 heteroatoms. The summed E-state index contributed by atoms with van der Waals surface area (Å²) in [5.74, 6) is -0.645. The number of carbonyl (C=O) groups is 1. The van der Waals surface area contributed by atoms with Crippen molar-refractivity contribution in [3.05, 3.63) is 23.8 Å². The summed E-state index contributed by atoms with van der Waals surface area (Å²) in [4.78, 5) is 11.0. The molecule has 0 spiro atoms. The fourth-order valence-electron chi connectivity index (χ4n) is 1.64. The van der Waals surface area contributed by atoms with E-state index in [1.165, 1.54) is 22.5 Å². The number of nitrogens with two attached hydrogens (primary N) is 2. The van der Waals surface area contributed by atoms with Gasteiger partial charge >= 0.3 is 0 Å². The van der Waals surface area contributed by atoms with Crippen molar-refractivity contribution in [1.29, 1.82) is 0 Å². The Morgan fingerprint density at radius 2 is 1.83 bits per heavy atom. The van der Waals surface area contributed by atoms with Gasteiger partial charge in [-0.25, -0.2) is 8.42 Å². The lowest BCUT2D eigenvalue weighted by molar-refractivity contribution is 0.1000. The highest BCUT2D eigenvalue weighted by molar-refractivity contribution is 7.89. The normalized spacial score (nSPS) is 11.7. The van der Waals surface area contributed by atoms with E-state index in [9.17, 15) is 13.2 Å². The van der Waals surface area contributed by atoms with Gasteiger partial charge in [0.1, 0.15) is 4.90 Å². The minimum atomic E-state index is -3.62. The van der Waals surface area contributed by atoms with E-state index in [2.05, 4.69) is 0 Å². The highest BCUT2D eigenvalue weighted by Crippen LogP contribution is 2.23. The maximum atomic E-state index is 12.2. The Morgan fingerprint density at radius 1 is 1.28 bits per heavy atom. The fraction of sp³-hybridized carbons (Fsp3) is 0.364. The Hall–Kier alpha value is -1.60. The third-order valence-electron chi connectivity index (χ3n) is 2.62. The van der Waals surface area contributed by atoms with E-state index < -0.39 is 15.9 Å². The van der Waals surface area contributed by atoms with Gasteiger partial charge in [-0.1, -0.05) is 13.8 Å². The molecule has 0 aliphatic carbocycles. The zero-order valence-corrected chi connectivity index (χ0v) is 11.2. The second-order valence-corrected chi connectivity index (χ2v) is 5.61. The molecular weight excluding hydrogens is 254 g/mol. The van der Waals surface area contributed by atoms with E-state index in [-0.39, 0.29) is 16.1 Å². The van der Waals surface area contributed by atoms with Gasteiger partial charge in [0.2, 0.25) is 15.9 Å². The van der Waals surface area contributed by atoms with Gasteiger partial charge in [-0.05, 0) is 18.2 Å². The van der Waals surface area contributed by atoms with E-state index in [0.29, 0.717) is 13.1 Å². The number of hydrogen-bond donors (Lipinski definition) is 2. The van der Waals surface area contributed by atoms with Crippen LogP contribution >= 0.6 is 0 Å². The first-order valence-corrected chi connectivity index (χ1v) is 6.98. The Kier molecular flexibility index (Phi) is 4.31. The molecule has 1 amide bonds. The van der Waals surface area contributed by atoms with Gasteiger partial charge in [0.05, 0.1) is 5.69 Å². The van der Waals surface area contributed by atoms with E-state index in [1.54, 1.807) is 13.8 Å². The molecular formula is C11H17N3O3S. The number of nitrogens with zero attached hydrogens (tertiary/aromatic N) is 1. The number of hydrogen-bond acceptors (Lipinski definition) is 4. The zero-order chi connectivity index (χ0) is 13.9. The second-order valence-electron chi connectivity index (χ2n) is 3.71. The molecule has 0 fully saturated rings. The number of carbonyl (C=O) groups excluding carboxylic acids is 1. The second kappa shape index (κ2) is 5.36. The van der Waals surface area contributed by atoms with Crippen LogP contribution < -0.4 is 11.5 Å². The molecule has 0 heterocycles. The summed E-state index contributed by atoms with van der Waals surface area (Å²) in [6.07, 6.45) is 0. The van der Waals surface area contributed by atoms with Crippen LogP contribution in [0.1, 0.15) is 24.2 Å². The zero-order valence-electron chi connectivity index (χ0n) is 10.4. The Bertz CT molecular complexity index is 551. The molecule has 1 rings (SSSR count). The van der Waals surface area contributed by atoms with Crippen LogP contribution in [0, 0.1) is 0 Å². The largest absolute Gasteiger partial charge is 0.398 e. The first kappa shape index (κ1) is 14.5. The van der Waals surface area contributed by atoms with Gasteiger partial charge in [-0.2, -0.15) is 4.31 Å². The lowest BCUT2D eigenvalue weighted by Crippen LogP contribution is -2.31. The molecule has 0 bridgehead atoms. The molecule has 0 saturated carbocycles. The molecule has 1 aromatic carbocycles. The van der Waals surface area contributed by atoms with Crippen LogP contribution in [0.3, 0.4) is 0 Å². The quantitative estimate of drug-likeness (QED) is 0.756. The van der Waals surface area contributed by atoms with Crippen LogP contribution in [0.5, 0.6) is 0 Å². The van der Waals surface area contributed by atoms with Crippen LogP contribution in [0.15, 0.2) is 23.1 Å². The molecule has 100 valence electrons. The van der Waals surface area contributed by atoms with E-state index >= 15 is 0 Å². The predicted molar refractivity (Wildman–Crippen MR) is 69.5 cm³/mol. The molecule has 0 radical (unpaired) electrons. The SMILES string of the molecule is CCN(CC)S(=O)(=O)c1ccc(C(N)=O)cc1N. The molecule has 0 saturated heterocycles. The minimum Gasteiger partial charge on any atom is -0.398 e. The molecule has 18 heavy (non-hydrogen) atoms. The van der Waals surface area contributed by atoms with Crippen molar-refractivity contribution in [3.63, 3.8) is 0 Å². The van der Waals surface area contributed by atoms with Crippen LogP contribution in [0.4, 0.5) is 5.69 Å². The van der Waals surface area contributed by atoms with E-state index in [0.717, 1.165) is 0 Å². The maximum absolute atomic E-state index is 12.2. The van der Waals surface area contributed by atoms with Gasteiger partial charge in [0.25, 0.3) is 0 Å². The number of anilines is 1. The third-order valence-corrected chi connectivity index (χ3v) is 4.74. The molecule has 0 aliphatic heterocycles. The van der Waals surface area contributed by atoms with Crippen molar-refractivity contribution >= 4 is 21.6 Å². The molecule has 6 nitrogen and oxygen atoms in total. The highest BCUT2D eigenvalue weighted by atomic mass is 32.2. The smallest absolute Gasteiger partial charge is 0.248 e. The first-order chi connectivity index (χ1) is 8.34. The summed E-state index contributed by atoms with van der Waals surface area (Å²) in [5.41, 5.74) is 11.0. The summed E-state index contributed by atoms with van der Waals surface area (Å²) in [5, 5.41) is 0. The molecule has 0 atom stereocenters. The summed E-state index contributed by atoms with van der Waals surface area (Å²) >= 11 is 0. The van der Waals surface area contributed by atoms with E-state index in [4.69, 9.17) is 11.5 Å². The van der Waals surface area contributed by atoms with Crippen LogP contribution in [-0.4, -0.2) is 31.7 Å². The summed E-state index contributed by atoms with van der Waals surface area (Å²) < 4.78 is 25.7. The average Bonchev–Trinajstić information content (AvgIpc) is 2.29. The number of nitrogen functional groups attached to an aromatic ring is 1. The number of rotatable bonds is 5. The molecule has 0 unspecified atom stereocenters. The number of amides is 1. The third kappa shape index (κ3) is 2.62. The van der Waals surface area contributed by atoms with Crippen LogP contribution in [0.25, 0.3) is 0 Å². The van der Waals surface area contributed by atoms with Crippen molar-refractivity contribution < 1.29 is 13.2 Å². The van der Waals surface area contributed by atoms with Crippen molar-refractivity contribution in [2.24, 2.45) is 5.73 Å². The van der Waals surface area contributed by atoms with Gasteiger partial charge < -0.3 is 11.5 Å². The van der Waals surface area contributed by atoms with Gasteiger partial charge in [-0.15, -0.1) is 0 Å². The number of benzene rings is 1. The van der Waals surface area contributed by atoms with Crippen LogP contribution in [-0.2, 0) is 10.0 Å². The highest BCUT2D eigenvalue weighted by Gasteiger charge is 2.24. The molecule has 4 N–H and O–H groups in total. The van der Waals surface area contributed by atoms with Crippen molar-refractivity contribution in [2.45, 2.75) is 18.7 Å². The lowest BCUT2D eigenvalue weighted by atomic mass is 10.2. The van der Waals surface area contributed by atoms with Crippen LogP contribution in [0.2, 0.25) is 0 Å². The van der Waals surface area contributed by atoms with E-state index in [1.807, 2.05) is 0 Å². The fourth-order valence-corrected chi connectivity index (χ4v) is 3.19. The standard InChI is InChI=1S/C11H17N3O3S/c1-3-14(4-2)18(16,17)10-6-5-8(11(13)15)7-9(10)12/h5-7H,3-4,12H2,1-2H3,(H2,13,15). The summed E-state index contributed by atoms with van der Waals surface area (Å²) in [7, 11) is -3.62. The van der Waals surface area contributed by atoms with Gasteiger partial charge in [0, 0.05) is 18.7 Å². The first-order valence-electron chi connectivity index (χ1n) is 5.54. The molecule has 0 aliphatic rings. The average molecular weight is 271 g/mol. The Labute approximate surface area is 107 Å². The van der Waals surface area contributed by atoms with Crippen molar-refractivity contribution in [2.75, 3.05) is 18.8 Å².